The Labute approximate surface area is 153 Å². The van der Waals surface area contributed by atoms with Crippen LogP contribution < -0.4 is 20.1 Å². The van der Waals surface area contributed by atoms with E-state index in [1.54, 1.807) is 31.4 Å². The number of ether oxygens (including phenoxy) is 2. The second kappa shape index (κ2) is 10.1. The molecular formula is C20H24N2O4. The fourth-order valence-electron chi connectivity index (χ4n) is 2.32. The first-order valence-electron chi connectivity index (χ1n) is 8.57. The van der Waals surface area contributed by atoms with Crippen LogP contribution in [0, 0.1) is 0 Å². The number of anilines is 1. The summed E-state index contributed by atoms with van der Waals surface area (Å²) in [5, 5.41) is 5.53. The van der Waals surface area contributed by atoms with Crippen LogP contribution in [0.25, 0.3) is 0 Å². The van der Waals surface area contributed by atoms with Gasteiger partial charge in [0.2, 0.25) is 5.91 Å². The molecule has 2 rings (SSSR count). The van der Waals surface area contributed by atoms with Crippen LogP contribution >= 0.6 is 0 Å². The quantitative estimate of drug-likeness (QED) is 0.676. The lowest BCUT2D eigenvalue weighted by Crippen LogP contribution is -2.22. The first-order valence-corrected chi connectivity index (χ1v) is 8.57. The van der Waals surface area contributed by atoms with E-state index in [-0.39, 0.29) is 11.8 Å². The smallest absolute Gasteiger partial charge is 0.251 e. The van der Waals surface area contributed by atoms with Gasteiger partial charge in [0.25, 0.3) is 5.91 Å². The van der Waals surface area contributed by atoms with Gasteiger partial charge < -0.3 is 20.1 Å². The lowest BCUT2D eigenvalue weighted by atomic mass is 10.2. The van der Waals surface area contributed by atoms with Gasteiger partial charge >= 0.3 is 0 Å². The summed E-state index contributed by atoms with van der Waals surface area (Å²) in [6.45, 7) is 2.86. The highest BCUT2D eigenvalue weighted by atomic mass is 16.5. The molecule has 2 N–H and O–H groups in total. The summed E-state index contributed by atoms with van der Waals surface area (Å²) in [5.41, 5.74) is 1.13. The van der Waals surface area contributed by atoms with Crippen molar-refractivity contribution in [2.24, 2.45) is 0 Å². The van der Waals surface area contributed by atoms with Gasteiger partial charge in [-0.25, -0.2) is 0 Å². The van der Waals surface area contributed by atoms with E-state index in [2.05, 4.69) is 10.6 Å². The molecule has 2 aromatic carbocycles. The Morgan fingerprint density at radius 1 is 1.04 bits per heavy atom. The second-order valence-corrected chi connectivity index (χ2v) is 5.62. The summed E-state index contributed by atoms with van der Waals surface area (Å²) in [4.78, 5) is 23.9. The molecule has 138 valence electrons. The van der Waals surface area contributed by atoms with E-state index in [0.717, 1.165) is 11.5 Å². The maximum Gasteiger partial charge on any atom is 0.251 e. The van der Waals surface area contributed by atoms with Gasteiger partial charge in [0.1, 0.15) is 11.5 Å². The van der Waals surface area contributed by atoms with Crippen molar-refractivity contribution >= 4 is 17.5 Å². The van der Waals surface area contributed by atoms with Crippen molar-refractivity contribution in [2.75, 3.05) is 25.6 Å². The van der Waals surface area contributed by atoms with E-state index in [9.17, 15) is 9.59 Å². The predicted molar refractivity (Wildman–Crippen MR) is 101 cm³/mol. The van der Waals surface area contributed by atoms with Gasteiger partial charge in [0.15, 0.2) is 0 Å². The summed E-state index contributed by atoms with van der Waals surface area (Å²) in [7, 11) is 1.61. The standard InChI is InChI=1S/C20H24N2O4/c1-3-21-20(24)15-6-4-7-16(14-15)22-19(23)8-5-13-26-18-11-9-17(25-2)10-12-18/h4,6-7,9-12,14H,3,5,8,13H2,1-2H3,(H,21,24)(H,22,23). The highest BCUT2D eigenvalue weighted by Gasteiger charge is 2.07. The Hall–Kier alpha value is -3.02. The van der Waals surface area contributed by atoms with Gasteiger partial charge in [-0.05, 0) is 55.8 Å². The Morgan fingerprint density at radius 2 is 1.77 bits per heavy atom. The molecule has 26 heavy (non-hydrogen) atoms. The molecule has 0 fully saturated rings. The van der Waals surface area contributed by atoms with Crippen LogP contribution in [0.3, 0.4) is 0 Å². The Kier molecular flexibility index (Phi) is 7.49. The Bertz CT molecular complexity index is 729. The topological polar surface area (TPSA) is 76.7 Å². The van der Waals surface area contributed by atoms with Crippen LogP contribution in [0.2, 0.25) is 0 Å². The average molecular weight is 356 g/mol. The van der Waals surface area contributed by atoms with Crippen LogP contribution in [-0.2, 0) is 4.79 Å². The molecule has 0 unspecified atom stereocenters. The minimum Gasteiger partial charge on any atom is -0.497 e. The molecular weight excluding hydrogens is 332 g/mol. The molecule has 0 aliphatic rings. The van der Waals surface area contributed by atoms with Crippen LogP contribution in [0.5, 0.6) is 11.5 Å². The molecule has 2 amide bonds. The molecule has 0 saturated carbocycles. The van der Waals surface area contributed by atoms with E-state index in [0.29, 0.717) is 37.2 Å². The third-order valence-electron chi connectivity index (χ3n) is 3.62. The number of hydrogen-bond donors (Lipinski definition) is 2. The normalized spacial score (nSPS) is 10.1. The number of rotatable bonds is 9. The number of carbonyl (C=O) groups is 2. The zero-order valence-electron chi connectivity index (χ0n) is 15.1. The van der Waals surface area contributed by atoms with Crippen molar-refractivity contribution in [1.29, 1.82) is 0 Å². The molecule has 6 nitrogen and oxygen atoms in total. The van der Waals surface area contributed by atoms with E-state index in [1.165, 1.54) is 0 Å². The molecule has 0 saturated heterocycles. The highest BCUT2D eigenvalue weighted by molar-refractivity contribution is 5.97. The summed E-state index contributed by atoms with van der Waals surface area (Å²) in [6, 6.07) is 14.2. The minimum atomic E-state index is -0.156. The lowest BCUT2D eigenvalue weighted by Gasteiger charge is -2.09. The van der Waals surface area contributed by atoms with Crippen molar-refractivity contribution in [3.05, 3.63) is 54.1 Å². The Balaban J connectivity index is 1.74. The first kappa shape index (κ1) is 19.3. The maximum atomic E-state index is 12.0. The van der Waals surface area contributed by atoms with Crippen molar-refractivity contribution < 1.29 is 19.1 Å². The summed E-state index contributed by atoms with van der Waals surface area (Å²) in [6.07, 6.45) is 0.926. The van der Waals surface area contributed by atoms with Gasteiger partial charge in [-0.1, -0.05) is 6.07 Å². The van der Waals surface area contributed by atoms with Gasteiger partial charge in [0, 0.05) is 24.2 Å². The predicted octanol–water partition coefficient (Wildman–Crippen LogP) is 3.24. The number of hydrogen-bond acceptors (Lipinski definition) is 4. The van der Waals surface area contributed by atoms with Crippen LogP contribution in [-0.4, -0.2) is 32.1 Å². The molecule has 0 heterocycles. The fourth-order valence-corrected chi connectivity index (χ4v) is 2.32. The van der Waals surface area contributed by atoms with Crippen LogP contribution in [0.1, 0.15) is 30.1 Å². The zero-order chi connectivity index (χ0) is 18.8. The van der Waals surface area contributed by atoms with Crippen molar-refractivity contribution in [3.8, 4) is 11.5 Å². The first-order chi connectivity index (χ1) is 12.6. The number of methoxy groups -OCH3 is 1. The van der Waals surface area contributed by atoms with E-state index >= 15 is 0 Å². The Morgan fingerprint density at radius 3 is 2.46 bits per heavy atom. The van der Waals surface area contributed by atoms with Crippen molar-refractivity contribution in [2.45, 2.75) is 19.8 Å². The molecule has 0 spiro atoms. The van der Waals surface area contributed by atoms with Gasteiger partial charge in [0.05, 0.1) is 13.7 Å². The van der Waals surface area contributed by atoms with Gasteiger partial charge in [-0.2, -0.15) is 0 Å². The van der Waals surface area contributed by atoms with E-state index in [1.807, 2.05) is 31.2 Å². The van der Waals surface area contributed by atoms with Crippen molar-refractivity contribution in [3.63, 3.8) is 0 Å². The van der Waals surface area contributed by atoms with Crippen LogP contribution in [0.15, 0.2) is 48.5 Å². The molecule has 0 radical (unpaired) electrons. The molecule has 6 heteroatoms. The summed E-state index contributed by atoms with van der Waals surface area (Å²) < 4.78 is 10.7. The van der Waals surface area contributed by atoms with Crippen LogP contribution in [0.4, 0.5) is 5.69 Å². The third-order valence-corrected chi connectivity index (χ3v) is 3.62. The second-order valence-electron chi connectivity index (χ2n) is 5.62. The highest BCUT2D eigenvalue weighted by Crippen LogP contribution is 2.17. The molecule has 0 atom stereocenters. The molecule has 0 aromatic heterocycles. The number of benzene rings is 2. The maximum absolute atomic E-state index is 12.0. The lowest BCUT2D eigenvalue weighted by molar-refractivity contribution is -0.116. The number of nitrogens with one attached hydrogen (secondary N) is 2. The zero-order valence-corrected chi connectivity index (χ0v) is 15.1. The van der Waals surface area contributed by atoms with Gasteiger partial charge in [-0.15, -0.1) is 0 Å². The SMILES string of the molecule is CCNC(=O)c1cccc(NC(=O)CCCOc2ccc(OC)cc2)c1. The third kappa shape index (κ3) is 6.12. The summed E-state index contributed by atoms with van der Waals surface area (Å²) >= 11 is 0. The molecule has 2 aromatic rings. The monoisotopic (exact) mass is 356 g/mol. The molecule has 0 aliphatic carbocycles. The number of amides is 2. The molecule has 0 bridgehead atoms. The average Bonchev–Trinajstić information content (AvgIpc) is 2.66. The van der Waals surface area contributed by atoms with Crippen molar-refractivity contribution in [1.82, 2.24) is 5.32 Å². The van der Waals surface area contributed by atoms with E-state index < -0.39 is 0 Å². The fraction of sp³-hybridized carbons (Fsp3) is 0.300. The minimum absolute atomic E-state index is 0.114. The van der Waals surface area contributed by atoms with E-state index in [4.69, 9.17) is 9.47 Å². The number of carbonyl (C=O) groups excluding carboxylic acids is 2. The molecule has 0 aliphatic heterocycles. The summed E-state index contributed by atoms with van der Waals surface area (Å²) in [5.74, 6) is 1.24. The van der Waals surface area contributed by atoms with Gasteiger partial charge in [-0.3, -0.25) is 9.59 Å². The largest absolute Gasteiger partial charge is 0.497 e.